The zero-order valence-corrected chi connectivity index (χ0v) is 13.8. The van der Waals surface area contributed by atoms with Gasteiger partial charge < -0.3 is 11.1 Å². The van der Waals surface area contributed by atoms with Crippen LogP contribution in [-0.2, 0) is 4.79 Å². The van der Waals surface area contributed by atoms with Gasteiger partial charge in [0.05, 0.1) is 21.5 Å². The number of thioether (sulfide) groups is 1. The lowest BCUT2D eigenvalue weighted by atomic mass is 10.3. The van der Waals surface area contributed by atoms with Crippen LogP contribution in [0.4, 0.5) is 11.4 Å². The van der Waals surface area contributed by atoms with Crippen molar-refractivity contribution in [3.63, 3.8) is 0 Å². The predicted molar refractivity (Wildman–Crippen MR) is 91.7 cm³/mol. The summed E-state index contributed by atoms with van der Waals surface area (Å²) >= 11 is 19.0. The summed E-state index contributed by atoms with van der Waals surface area (Å²) in [6.45, 7) is 0. The van der Waals surface area contributed by atoms with Gasteiger partial charge in [0.25, 0.3) is 0 Å². The molecule has 0 saturated heterocycles. The van der Waals surface area contributed by atoms with Crippen molar-refractivity contribution in [2.75, 3.05) is 16.8 Å². The Balaban J connectivity index is 1.97. The number of hydrogen-bond acceptors (Lipinski definition) is 3. The van der Waals surface area contributed by atoms with E-state index in [4.69, 9.17) is 40.5 Å². The third-order valence-electron chi connectivity index (χ3n) is 2.56. The minimum Gasteiger partial charge on any atom is -0.398 e. The number of carbonyl (C=O) groups excluding carboxylic acids is 1. The molecular formula is C14H11Cl3N2OS. The Morgan fingerprint density at radius 3 is 2.67 bits per heavy atom. The fourth-order valence-electron chi connectivity index (χ4n) is 1.58. The highest BCUT2D eigenvalue weighted by atomic mass is 35.5. The molecular weight excluding hydrogens is 351 g/mol. The molecule has 2 rings (SSSR count). The molecule has 0 atom stereocenters. The molecule has 2 aromatic rings. The second kappa shape index (κ2) is 7.27. The van der Waals surface area contributed by atoms with Gasteiger partial charge in [-0.2, -0.15) is 0 Å². The number of nitrogen functional groups attached to an aromatic ring is 1. The molecule has 21 heavy (non-hydrogen) atoms. The maximum absolute atomic E-state index is 11.9. The van der Waals surface area contributed by atoms with Crippen LogP contribution in [0, 0.1) is 0 Å². The molecule has 0 aromatic heterocycles. The van der Waals surface area contributed by atoms with Crippen molar-refractivity contribution >= 4 is 63.8 Å². The summed E-state index contributed by atoms with van der Waals surface area (Å²) in [5, 5.41) is 3.99. The molecule has 0 aliphatic carbocycles. The summed E-state index contributed by atoms with van der Waals surface area (Å²) in [7, 11) is 0. The van der Waals surface area contributed by atoms with Crippen molar-refractivity contribution in [3.8, 4) is 0 Å². The first-order valence-corrected chi connectivity index (χ1v) is 8.01. The number of nitrogens with two attached hydrogens (primary N) is 1. The van der Waals surface area contributed by atoms with Gasteiger partial charge in [0, 0.05) is 15.6 Å². The second-order valence-electron chi connectivity index (χ2n) is 4.12. The first kappa shape index (κ1) is 16.3. The third kappa shape index (κ3) is 4.45. The average molecular weight is 362 g/mol. The molecule has 0 unspecified atom stereocenters. The first-order valence-electron chi connectivity index (χ1n) is 5.89. The minimum absolute atomic E-state index is 0.196. The average Bonchev–Trinajstić information content (AvgIpc) is 2.43. The second-order valence-corrected chi connectivity index (χ2v) is 6.36. The van der Waals surface area contributed by atoms with Crippen LogP contribution in [0.2, 0.25) is 15.1 Å². The van der Waals surface area contributed by atoms with Gasteiger partial charge in [-0.05, 0) is 30.3 Å². The molecule has 2 aromatic carbocycles. The predicted octanol–water partition coefficient (Wildman–Crippen LogP) is 4.96. The number of amides is 1. The lowest BCUT2D eigenvalue weighted by Gasteiger charge is -2.09. The summed E-state index contributed by atoms with van der Waals surface area (Å²) in [5.41, 5.74) is 6.86. The van der Waals surface area contributed by atoms with Crippen LogP contribution in [-0.4, -0.2) is 11.7 Å². The highest BCUT2D eigenvalue weighted by molar-refractivity contribution is 8.00. The van der Waals surface area contributed by atoms with E-state index in [1.807, 2.05) is 0 Å². The third-order valence-corrected chi connectivity index (χ3v) is 4.70. The standard InChI is InChI=1S/C14H11Cl3N2OS/c15-8-4-5-12(10(18)6-8)21-7-13(20)19-11-3-1-2-9(16)14(11)17/h1-6H,7,18H2,(H,19,20). The van der Waals surface area contributed by atoms with Crippen molar-refractivity contribution in [2.45, 2.75) is 4.90 Å². The number of anilines is 2. The van der Waals surface area contributed by atoms with Gasteiger partial charge in [-0.25, -0.2) is 0 Å². The number of rotatable bonds is 4. The molecule has 1 amide bonds. The molecule has 0 spiro atoms. The van der Waals surface area contributed by atoms with E-state index in [2.05, 4.69) is 5.32 Å². The summed E-state index contributed by atoms with van der Waals surface area (Å²) in [6, 6.07) is 10.2. The van der Waals surface area contributed by atoms with Crippen molar-refractivity contribution in [1.82, 2.24) is 0 Å². The number of hydrogen-bond donors (Lipinski definition) is 2. The number of nitrogens with one attached hydrogen (secondary N) is 1. The molecule has 7 heteroatoms. The maximum atomic E-state index is 11.9. The molecule has 3 N–H and O–H groups in total. The molecule has 3 nitrogen and oxygen atoms in total. The number of carbonyl (C=O) groups is 1. The maximum Gasteiger partial charge on any atom is 0.234 e. The monoisotopic (exact) mass is 360 g/mol. The van der Waals surface area contributed by atoms with E-state index in [0.29, 0.717) is 26.4 Å². The molecule has 0 fully saturated rings. The topological polar surface area (TPSA) is 55.1 Å². The van der Waals surface area contributed by atoms with Crippen LogP contribution < -0.4 is 11.1 Å². The van der Waals surface area contributed by atoms with E-state index in [0.717, 1.165) is 4.90 Å². The fourth-order valence-corrected chi connectivity index (χ4v) is 2.86. The Morgan fingerprint density at radius 2 is 1.95 bits per heavy atom. The Labute approximate surface area is 141 Å². The molecule has 110 valence electrons. The Morgan fingerprint density at radius 1 is 1.19 bits per heavy atom. The van der Waals surface area contributed by atoms with E-state index >= 15 is 0 Å². The van der Waals surface area contributed by atoms with Crippen LogP contribution in [0.15, 0.2) is 41.3 Å². The SMILES string of the molecule is Nc1cc(Cl)ccc1SCC(=O)Nc1cccc(Cl)c1Cl. The lowest BCUT2D eigenvalue weighted by molar-refractivity contribution is -0.113. The van der Waals surface area contributed by atoms with Gasteiger partial charge in [-0.1, -0.05) is 40.9 Å². The van der Waals surface area contributed by atoms with Crippen LogP contribution in [0.25, 0.3) is 0 Å². The quantitative estimate of drug-likeness (QED) is 0.598. The summed E-state index contributed by atoms with van der Waals surface area (Å²) in [4.78, 5) is 12.7. The number of benzene rings is 2. The lowest BCUT2D eigenvalue weighted by Crippen LogP contribution is -2.14. The van der Waals surface area contributed by atoms with Crippen LogP contribution in [0.5, 0.6) is 0 Å². The van der Waals surface area contributed by atoms with Gasteiger partial charge in [0.2, 0.25) is 5.91 Å². The minimum atomic E-state index is -0.196. The highest BCUT2D eigenvalue weighted by Gasteiger charge is 2.09. The van der Waals surface area contributed by atoms with E-state index in [1.54, 1.807) is 36.4 Å². The summed E-state index contributed by atoms with van der Waals surface area (Å²) in [5.74, 6) is 0.00723. The zero-order chi connectivity index (χ0) is 15.4. The van der Waals surface area contributed by atoms with E-state index < -0.39 is 0 Å². The van der Waals surface area contributed by atoms with Crippen molar-refractivity contribution in [1.29, 1.82) is 0 Å². The Bertz CT molecular complexity index is 679. The van der Waals surface area contributed by atoms with Crippen molar-refractivity contribution in [3.05, 3.63) is 51.5 Å². The van der Waals surface area contributed by atoms with Gasteiger partial charge in [-0.3, -0.25) is 4.79 Å². The van der Waals surface area contributed by atoms with E-state index in [-0.39, 0.29) is 11.7 Å². The summed E-state index contributed by atoms with van der Waals surface area (Å²) in [6.07, 6.45) is 0. The largest absolute Gasteiger partial charge is 0.398 e. The van der Waals surface area contributed by atoms with Gasteiger partial charge in [-0.15, -0.1) is 11.8 Å². The van der Waals surface area contributed by atoms with E-state index in [9.17, 15) is 4.79 Å². The smallest absolute Gasteiger partial charge is 0.234 e. The molecule has 0 heterocycles. The van der Waals surface area contributed by atoms with Crippen LogP contribution in [0.1, 0.15) is 0 Å². The van der Waals surface area contributed by atoms with Gasteiger partial charge >= 0.3 is 0 Å². The van der Waals surface area contributed by atoms with E-state index in [1.165, 1.54) is 11.8 Å². The molecule has 0 saturated carbocycles. The molecule has 0 aliphatic heterocycles. The highest BCUT2D eigenvalue weighted by Crippen LogP contribution is 2.30. The van der Waals surface area contributed by atoms with Gasteiger partial charge in [0.15, 0.2) is 0 Å². The van der Waals surface area contributed by atoms with Crippen LogP contribution >= 0.6 is 46.6 Å². The van der Waals surface area contributed by atoms with Crippen molar-refractivity contribution in [2.24, 2.45) is 0 Å². The zero-order valence-electron chi connectivity index (χ0n) is 10.7. The molecule has 0 bridgehead atoms. The van der Waals surface area contributed by atoms with Crippen molar-refractivity contribution < 1.29 is 4.79 Å². The molecule has 0 radical (unpaired) electrons. The molecule has 0 aliphatic rings. The Kier molecular flexibility index (Phi) is 5.65. The fraction of sp³-hybridized carbons (Fsp3) is 0.0714. The normalized spacial score (nSPS) is 10.4. The first-order chi connectivity index (χ1) is 9.97. The number of halogens is 3. The summed E-state index contributed by atoms with van der Waals surface area (Å²) < 4.78 is 0. The van der Waals surface area contributed by atoms with Crippen LogP contribution in [0.3, 0.4) is 0 Å². The van der Waals surface area contributed by atoms with Gasteiger partial charge in [0.1, 0.15) is 0 Å². The Hall–Kier alpha value is -1.07.